The van der Waals surface area contributed by atoms with Crippen molar-refractivity contribution < 1.29 is 4.92 Å². The highest BCUT2D eigenvalue weighted by Gasteiger charge is 2.11. The summed E-state index contributed by atoms with van der Waals surface area (Å²) in [6.07, 6.45) is 0. The van der Waals surface area contributed by atoms with Crippen LogP contribution in [-0.2, 0) is 6.54 Å². The van der Waals surface area contributed by atoms with Gasteiger partial charge in [0.15, 0.2) is 0 Å². The van der Waals surface area contributed by atoms with Crippen LogP contribution in [0.25, 0.3) is 0 Å². The van der Waals surface area contributed by atoms with E-state index in [1.807, 2.05) is 24.3 Å². The number of anilines is 1. The molecular formula is C13H12BrN3O2. The molecule has 98 valence electrons. The van der Waals surface area contributed by atoms with Crippen molar-refractivity contribution >= 4 is 27.4 Å². The van der Waals surface area contributed by atoms with Crippen LogP contribution in [0.3, 0.4) is 0 Å². The lowest BCUT2D eigenvalue weighted by Crippen LogP contribution is -2.03. The highest BCUT2D eigenvalue weighted by Crippen LogP contribution is 2.20. The molecule has 1 N–H and O–H groups in total. The molecule has 0 saturated carbocycles. The van der Waals surface area contributed by atoms with Gasteiger partial charge in [-0.25, -0.2) is 4.98 Å². The van der Waals surface area contributed by atoms with Gasteiger partial charge < -0.3 is 5.32 Å². The summed E-state index contributed by atoms with van der Waals surface area (Å²) >= 11 is 3.47. The van der Waals surface area contributed by atoms with Crippen molar-refractivity contribution in [3.8, 4) is 0 Å². The van der Waals surface area contributed by atoms with Crippen LogP contribution < -0.4 is 5.32 Å². The first-order chi connectivity index (χ1) is 9.08. The third-order valence-corrected chi connectivity index (χ3v) is 3.45. The van der Waals surface area contributed by atoms with Crippen LogP contribution in [0.15, 0.2) is 40.9 Å². The largest absolute Gasteiger partial charge is 0.366 e. The van der Waals surface area contributed by atoms with Gasteiger partial charge in [0.05, 0.1) is 4.92 Å². The zero-order valence-corrected chi connectivity index (χ0v) is 11.8. The van der Waals surface area contributed by atoms with Crippen LogP contribution in [0.1, 0.15) is 11.3 Å². The van der Waals surface area contributed by atoms with Gasteiger partial charge in [0.2, 0.25) is 0 Å². The minimum Gasteiger partial charge on any atom is -0.366 e. The van der Waals surface area contributed by atoms with Crippen molar-refractivity contribution in [2.24, 2.45) is 0 Å². The van der Waals surface area contributed by atoms with Gasteiger partial charge in [-0.15, -0.1) is 0 Å². The molecule has 2 rings (SSSR count). The van der Waals surface area contributed by atoms with E-state index in [4.69, 9.17) is 0 Å². The normalized spacial score (nSPS) is 10.2. The predicted molar refractivity (Wildman–Crippen MR) is 77.1 cm³/mol. The Bertz CT molecular complexity index is 617. The first kappa shape index (κ1) is 13.5. The number of benzene rings is 1. The second-order valence-electron chi connectivity index (χ2n) is 4.00. The Labute approximate surface area is 119 Å². The van der Waals surface area contributed by atoms with Crippen LogP contribution in [0.4, 0.5) is 11.5 Å². The molecular weight excluding hydrogens is 310 g/mol. The van der Waals surface area contributed by atoms with E-state index < -0.39 is 4.92 Å². The standard InChI is InChI=1S/C13H12BrN3O2/c1-9-12(17(18)19)6-7-13(16-9)15-8-10-4-2-3-5-11(10)14/h2-7H,8H2,1H3,(H,15,16). The first-order valence-corrected chi connectivity index (χ1v) is 6.46. The van der Waals surface area contributed by atoms with E-state index in [0.717, 1.165) is 10.0 Å². The fourth-order valence-corrected chi connectivity index (χ4v) is 2.10. The van der Waals surface area contributed by atoms with E-state index in [0.29, 0.717) is 18.1 Å². The quantitative estimate of drug-likeness (QED) is 0.689. The molecule has 0 atom stereocenters. The second kappa shape index (κ2) is 5.79. The highest BCUT2D eigenvalue weighted by molar-refractivity contribution is 9.10. The Morgan fingerprint density at radius 3 is 2.68 bits per heavy atom. The molecule has 0 bridgehead atoms. The van der Waals surface area contributed by atoms with Gasteiger partial charge in [-0.2, -0.15) is 0 Å². The molecule has 0 aliphatic carbocycles. The van der Waals surface area contributed by atoms with E-state index >= 15 is 0 Å². The summed E-state index contributed by atoms with van der Waals surface area (Å²) in [7, 11) is 0. The molecule has 19 heavy (non-hydrogen) atoms. The number of nitrogens with one attached hydrogen (secondary N) is 1. The molecule has 5 nitrogen and oxygen atoms in total. The van der Waals surface area contributed by atoms with Gasteiger partial charge in [-0.1, -0.05) is 34.1 Å². The number of nitro groups is 1. The average molecular weight is 322 g/mol. The molecule has 2 aromatic rings. The third-order valence-electron chi connectivity index (χ3n) is 2.67. The van der Waals surface area contributed by atoms with Gasteiger partial charge in [-0.3, -0.25) is 10.1 Å². The lowest BCUT2D eigenvalue weighted by atomic mass is 10.2. The average Bonchev–Trinajstić information content (AvgIpc) is 2.37. The maximum Gasteiger partial charge on any atom is 0.290 e. The second-order valence-corrected chi connectivity index (χ2v) is 4.86. The van der Waals surface area contributed by atoms with Crippen molar-refractivity contribution in [2.75, 3.05) is 5.32 Å². The van der Waals surface area contributed by atoms with Gasteiger partial charge in [0.25, 0.3) is 5.69 Å². The molecule has 6 heteroatoms. The van der Waals surface area contributed by atoms with E-state index in [2.05, 4.69) is 26.2 Å². The summed E-state index contributed by atoms with van der Waals surface area (Å²) in [6.45, 7) is 2.23. The topological polar surface area (TPSA) is 68.1 Å². The fourth-order valence-electron chi connectivity index (χ4n) is 1.67. The minimum absolute atomic E-state index is 0.0337. The Balaban J connectivity index is 2.11. The summed E-state index contributed by atoms with van der Waals surface area (Å²) in [5.74, 6) is 0.624. The van der Waals surface area contributed by atoms with Gasteiger partial charge in [0.1, 0.15) is 11.5 Å². The Kier molecular flexibility index (Phi) is 4.11. The molecule has 0 spiro atoms. The predicted octanol–water partition coefficient (Wildman–Crippen LogP) is 3.67. The smallest absolute Gasteiger partial charge is 0.290 e. The maximum atomic E-state index is 10.7. The summed E-state index contributed by atoms with van der Waals surface area (Å²) in [4.78, 5) is 14.4. The number of nitrogens with zero attached hydrogens (tertiary/aromatic N) is 2. The van der Waals surface area contributed by atoms with Crippen molar-refractivity contribution in [3.05, 3.63) is 62.2 Å². The van der Waals surface area contributed by atoms with Gasteiger partial charge >= 0.3 is 0 Å². The van der Waals surface area contributed by atoms with Crippen molar-refractivity contribution in [1.82, 2.24) is 4.98 Å². The maximum absolute atomic E-state index is 10.7. The number of hydrogen-bond donors (Lipinski definition) is 1. The Morgan fingerprint density at radius 1 is 1.32 bits per heavy atom. The van der Waals surface area contributed by atoms with Crippen molar-refractivity contribution in [1.29, 1.82) is 0 Å². The van der Waals surface area contributed by atoms with Crippen molar-refractivity contribution in [2.45, 2.75) is 13.5 Å². The van der Waals surface area contributed by atoms with Crippen LogP contribution in [0, 0.1) is 17.0 Å². The summed E-state index contributed by atoms with van der Waals surface area (Å²) in [6, 6.07) is 10.9. The van der Waals surface area contributed by atoms with E-state index in [1.54, 1.807) is 13.0 Å². The number of halogens is 1. The summed E-state index contributed by atoms with van der Waals surface area (Å²) < 4.78 is 1.01. The number of pyridine rings is 1. The van der Waals surface area contributed by atoms with Crippen molar-refractivity contribution in [3.63, 3.8) is 0 Å². The molecule has 1 aromatic carbocycles. The first-order valence-electron chi connectivity index (χ1n) is 5.67. The fraction of sp³-hybridized carbons (Fsp3) is 0.154. The molecule has 1 aromatic heterocycles. The molecule has 0 fully saturated rings. The molecule has 0 radical (unpaired) electrons. The molecule has 1 heterocycles. The molecule has 0 saturated heterocycles. The summed E-state index contributed by atoms with van der Waals surface area (Å²) in [5.41, 5.74) is 1.54. The van der Waals surface area contributed by atoms with E-state index in [9.17, 15) is 10.1 Å². The number of aryl methyl sites for hydroxylation is 1. The summed E-state index contributed by atoms with van der Waals surface area (Å²) in [5, 5.41) is 13.8. The van der Waals surface area contributed by atoms with Crippen LogP contribution in [0.5, 0.6) is 0 Å². The lowest BCUT2D eigenvalue weighted by molar-refractivity contribution is -0.385. The molecule has 0 aliphatic heterocycles. The Hall–Kier alpha value is -1.95. The molecule has 0 amide bonds. The molecule has 0 aliphatic rings. The highest BCUT2D eigenvalue weighted by atomic mass is 79.9. The van der Waals surface area contributed by atoms with Gasteiger partial charge in [0, 0.05) is 17.1 Å². The SMILES string of the molecule is Cc1nc(NCc2ccccc2Br)ccc1[N+](=O)[O-]. The van der Waals surface area contributed by atoms with E-state index in [1.165, 1.54) is 6.07 Å². The Morgan fingerprint density at radius 2 is 2.05 bits per heavy atom. The molecule has 0 unspecified atom stereocenters. The third kappa shape index (κ3) is 3.29. The zero-order chi connectivity index (χ0) is 13.8. The lowest BCUT2D eigenvalue weighted by Gasteiger charge is -2.08. The number of aromatic nitrogens is 1. The van der Waals surface area contributed by atoms with Crippen LogP contribution >= 0.6 is 15.9 Å². The van der Waals surface area contributed by atoms with Crippen LogP contribution in [0.2, 0.25) is 0 Å². The zero-order valence-electron chi connectivity index (χ0n) is 10.3. The van der Waals surface area contributed by atoms with Crippen LogP contribution in [-0.4, -0.2) is 9.91 Å². The number of rotatable bonds is 4. The monoisotopic (exact) mass is 321 g/mol. The van der Waals surface area contributed by atoms with Gasteiger partial charge in [-0.05, 0) is 24.6 Å². The number of hydrogen-bond acceptors (Lipinski definition) is 4. The van der Waals surface area contributed by atoms with E-state index in [-0.39, 0.29) is 5.69 Å². The minimum atomic E-state index is -0.431.